The number of rotatable bonds is 5. The third-order valence-corrected chi connectivity index (χ3v) is 5.26. The van der Waals surface area contributed by atoms with Crippen LogP contribution in [0.15, 0.2) is 0 Å². The Balaban J connectivity index is 3.17. The molecular weight excluding hydrogens is 204 g/mol. The van der Waals surface area contributed by atoms with Crippen molar-refractivity contribution in [3.05, 3.63) is 0 Å². The van der Waals surface area contributed by atoms with Crippen molar-refractivity contribution >= 4 is 46.8 Å². The predicted molar refractivity (Wildman–Crippen MR) is 58.8 cm³/mol. The van der Waals surface area contributed by atoms with E-state index in [1.807, 2.05) is 0 Å². The van der Waals surface area contributed by atoms with E-state index in [2.05, 4.69) is 25.3 Å². The maximum absolute atomic E-state index is 5.33. The van der Waals surface area contributed by atoms with Crippen LogP contribution in [0.2, 0.25) is 0 Å². The summed E-state index contributed by atoms with van der Waals surface area (Å²) in [6, 6.07) is 0. The largest absolute Gasteiger partial charge is 0.329 e. The second kappa shape index (κ2) is 7.00. The molecule has 2 atom stereocenters. The third-order valence-electron chi connectivity index (χ3n) is 0.681. The minimum Gasteiger partial charge on any atom is -0.329 e. The summed E-state index contributed by atoms with van der Waals surface area (Å²) in [5.41, 5.74) is 10.7. The molecule has 10 heavy (non-hydrogen) atoms. The predicted octanol–water partition coefficient (Wildman–Crippen LogP) is 0.797. The first-order valence-electron chi connectivity index (χ1n) is 2.79. The van der Waals surface area contributed by atoms with Gasteiger partial charge in [0.15, 0.2) is 0 Å². The van der Waals surface area contributed by atoms with Gasteiger partial charge in [0.05, 0.1) is 9.16 Å². The fourth-order valence-corrected chi connectivity index (χ4v) is 2.76. The average Bonchev–Trinajstić information content (AvgIpc) is 1.99. The normalized spacial score (nSPS) is 16.8. The second-order valence-electron chi connectivity index (χ2n) is 1.57. The van der Waals surface area contributed by atoms with Crippen molar-refractivity contribution in [1.29, 1.82) is 0 Å². The summed E-state index contributed by atoms with van der Waals surface area (Å²) in [6.07, 6.45) is 0. The van der Waals surface area contributed by atoms with Crippen LogP contribution < -0.4 is 11.5 Å². The van der Waals surface area contributed by atoms with E-state index in [4.69, 9.17) is 11.5 Å². The fourth-order valence-electron chi connectivity index (χ4n) is 0.207. The minimum absolute atomic E-state index is 0.186. The molecule has 0 aliphatic carbocycles. The van der Waals surface area contributed by atoms with E-state index in [0.717, 1.165) is 0 Å². The van der Waals surface area contributed by atoms with Crippen molar-refractivity contribution < 1.29 is 0 Å². The zero-order valence-corrected chi connectivity index (χ0v) is 8.86. The lowest BCUT2D eigenvalue weighted by atomic mass is 10.8. The highest BCUT2D eigenvalue weighted by Crippen LogP contribution is 2.33. The summed E-state index contributed by atoms with van der Waals surface area (Å²) in [7, 11) is 3.22. The second-order valence-corrected chi connectivity index (χ2v) is 6.20. The summed E-state index contributed by atoms with van der Waals surface area (Å²) in [6.45, 7) is 1.15. The molecule has 0 aliphatic rings. The van der Waals surface area contributed by atoms with Crippen LogP contribution >= 0.6 is 46.8 Å². The van der Waals surface area contributed by atoms with Gasteiger partial charge in [-0.05, 0) is 0 Å². The van der Waals surface area contributed by atoms with Gasteiger partial charge in [-0.25, -0.2) is 0 Å². The van der Waals surface area contributed by atoms with Gasteiger partial charge in [0.2, 0.25) is 0 Å². The Kier molecular flexibility index (Phi) is 7.92. The molecule has 2 nitrogen and oxygen atoms in total. The van der Waals surface area contributed by atoms with Crippen molar-refractivity contribution in [3.63, 3.8) is 0 Å². The van der Waals surface area contributed by atoms with E-state index >= 15 is 0 Å². The molecule has 0 aromatic heterocycles. The molecule has 0 heterocycles. The first-order valence-corrected chi connectivity index (χ1v) is 6.10. The van der Waals surface area contributed by atoms with Gasteiger partial charge < -0.3 is 11.5 Å². The zero-order chi connectivity index (χ0) is 7.98. The highest BCUT2D eigenvalue weighted by atomic mass is 33.1. The van der Waals surface area contributed by atoms with E-state index in [0.29, 0.717) is 13.1 Å². The molecule has 0 aromatic carbocycles. The summed E-state index contributed by atoms with van der Waals surface area (Å²) in [4.78, 5) is 0. The van der Waals surface area contributed by atoms with Gasteiger partial charge in [0.1, 0.15) is 0 Å². The Morgan fingerprint density at radius 2 is 1.30 bits per heavy atom. The average molecular weight is 216 g/mol. The summed E-state index contributed by atoms with van der Waals surface area (Å²) < 4.78 is 0.373. The first-order chi connectivity index (χ1) is 4.70. The Hall–Kier alpha value is 1.32. The molecule has 0 bridgehead atoms. The lowest BCUT2D eigenvalue weighted by molar-refractivity contribution is 1.11. The molecule has 2 unspecified atom stereocenters. The lowest BCUT2D eigenvalue weighted by Gasteiger charge is -2.09. The van der Waals surface area contributed by atoms with E-state index in [9.17, 15) is 0 Å². The van der Waals surface area contributed by atoms with Crippen LogP contribution in [0.1, 0.15) is 0 Å². The van der Waals surface area contributed by atoms with E-state index in [1.165, 1.54) is 0 Å². The van der Waals surface area contributed by atoms with Crippen molar-refractivity contribution in [3.8, 4) is 0 Å². The Morgan fingerprint density at radius 1 is 1.00 bits per heavy atom. The highest BCUT2D eigenvalue weighted by molar-refractivity contribution is 8.79. The quantitative estimate of drug-likeness (QED) is 0.312. The summed E-state index contributed by atoms with van der Waals surface area (Å²) in [5, 5.41) is 0. The fraction of sp³-hybridized carbons (Fsp3) is 1.00. The molecule has 0 saturated carbocycles. The van der Waals surface area contributed by atoms with E-state index in [-0.39, 0.29) is 9.16 Å². The summed E-state index contributed by atoms with van der Waals surface area (Å²) >= 11 is 8.37. The molecule has 62 valence electrons. The van der Waals surface area contributed by atoms with Crippen LogP contribution in [0.3, 0.4) is 0 Å². The van der Waals surface area contributed by atoms with Gasteiger partial charge in [-0.15, -0.1) is 0 Å². The molecule has 0 radical (unpaired) electrons. The van der Waals surface area contributed by atoms with Crippen molar-refractivity contribution in [2.24, 2.45) is 11.5 Å². The van der Waals surface area contributed by atoms with E-state index in [1.54, 1.807) is 21.6 Å². The Bertz CT molecular complexity index is 71.7. The van der Waals surface area contributed by atoms with Crippen LogP contribution in [-0.4, -0.2) is 22.3 Å². The third kappa shape index (κ3) is 6.06. The SMILES string of the molecule is NCC(S)SSC(S)CN. The van der Waals surface area contributed by atoms with Crippen molar-refractivity contribution in [1.82, 2.24) is 0 Å². The monoisotopic (exact) mass is 216 g/mol. The van der Waals surface area contributed by atoms with Gasteiger partial charge >= 0.3 is 0 Å². The molecule has 6 heteroatoms. The standard InChI is InChI=1S/C4H12N2S4/c5-1-3(7)9-10-4(8)2-6/h3-4,7-8H,1-2,5-6H2. The number of hydrogen-bond acceptors (Lipinski definition) is 6. The maximum Gasteiger partial charge on any atom is 0.0698 e. The molecule has 0 saturated heterocycles. The molecular formula is C4H12N2S4. The Labute approximate surface area is 80.5 Å². The maximum atomic E-state index is 5.33. The topological polar surface area (TPSA) is 52.0 Å². The summed E-state index contributed by atoms with van der Waals surface area (Å²) in [5.74, 6) is 0. The number of thiol groups is 2. The lowest BCUT2D eigenvalue weighted by Crippen LogP contribution is -2.12. The molecule has 0 amide bonds. The smallest absolute Gasteiger partial charge is 0.0698 e. The van der Waals surface area contributed by atoms with Gasteiger partial charge in [-0.1, -0.05) is 21.6 Å². The molecule has 0 fully saturated rings. The number of nitrogens with two attached hydrogens (primary N) is 2. The van der Waals surface area contributed by atoms with Crippen molar-refractivity contribution in [2.75, 3.05) is 13.1 Å². The number of hydrogen-bond donors (Lipinski definition) is 4. The van der Waals surface area contributed by atoms with Gasteiger partial charge in [-0.3, -0.25) is 0 Å². The van der Waals surface area contributed by atoms with Crippen LogP contribution in [0, 0.1) is 0 Å². The van der Waals surface area contributed by atoms with Crippen LogP contribution in [0.25, 0.3) is 0 Å². The van der Waals surface area contributed by atoms with E-state index < -0.39 is 0 Å². The molecule has 0 aliphatic heterocycles. The molecule has 4 N–H and O–H groups in total. The van der Waals surface area contributed by atoms with Gasteiger partial charge in [0, 0.05) is 13.1 Å². The first kappa shape index (κ1) is 11.3. The van der Waals surface area contributed by atoms with Gasteiger partial charge in [0.25, 0.3) is 0 Å². The molecule has 0 spiro atoms. The van der Waals surface area contributed by atoms with Crippen LogP contribution in [-0.2, 0) is 0 Å². The Morgan fingerprint density at radius 3 is 1.50 bits per heavy atom. The van der Waals surface area contributed by atoms with Crippen molar-refractivity contribution in [2.45, 2.75) is 9.16 Å². The van der Waals surface area contributed by atoms with Crippen LogP contribution in [0.4, 0.5) is 0 Å². The molecule has 0 rings (SSSR count). The minimum atomic E-state index is 0.186. The highest BCUT2D eigenvalue weighted by Gasteiger charge is 2.05. The van der Waals surface area contributed by atoms with Crippen LogP contribution in [0.5, 0.6) is 0 Å². The molecule has 0 aromatic rings. The zero-order valence-electron chi connectivity index (χ0n) is 5.43. The van der Waals surface area contributed by atoms with Gasteiger partial charge in [-0.2, -0.15) is 25.3 Å².